The molecule has 0 radical (unpaired) electrons. The minimum absolute atomic E-state index is 0.204. The average molecular weight is 179 g/mol. The molecule has 0 aliphatic heterocycles. The molecule has 13 heavy (non-hydrogen) atoms. The van der Waals surface area contributed by atoms with Crippen LogP contribution in [0.3, 0.4) is 0 Å². The highest BCUT2D eigenvalue weighted by molar-refractivity contribution is 5.84. The average Bonchev–Trinajstić information content (AvgIpc) is 2.75. The Bertz CT molecular complexity index is 299. The summed E-state index contributed by atoms with van der Waals surface area (Å²) in [4.78, 5) is 15.5. The molecule has 0 N–H and O–H groups in total. The van der Waals surface area contributed by atoms with Gasteiger partial charge in [-0.3, -0.25) is 4.79 Å². The van der Waals surface area contributed by atoms with Gasteiger partial charge in [-0.05, 0) is 19.8 Å². The largest absolute Gasteiger partial charge is 0.297 e. The first-order valence-corrected chi connectivity index (χ1v) is 4.62. The summed E-state index contributed by atoms with van der Waals surface area (Å²) in [5.74, 6) is 0.204. The first-order valence-electron chi connectivity index (χ1n) is 4.62. The molecule has 0 bridgehead atoms. The number of ketones is 1. The van der Waals surface area contributed by atoms with E-state index in [-0.39, 0.29) is 11.3 Å². The van der Waals surface area contributed by atoms with Crippen LogP contribution >= 0.6 is 0 Å². The second-order valence-corrected chi connectivity index (χ2v) is 3.63. The molecule has 4 heteroatoms. The van der Waals surface area contributed by atoms with Crippen LogP contribution in [-0.2, 0) is 10.3 Å². The second-order valence-electron chi connectivity index (χ2n) is 3.63. The van der Waals surface area contributed by atoms with Gasteiger partial charge < -0.3 is 0 Å². The van der Waals surface area contributed by atoms with Gasteiger partial charge in [0.15, 0.2) is 5.78 Å². The van der Waals surface area contributed by atoms with Crippen molar-refractivity contribution in [2.45, 2.75) is 38.1 Å². The third kappa shape index (κ3) is 1.17. The van der Waals surface area contributed by atoms with Crippen molar-refractivity contribution >= 4 is 5.78 Å². The lowest BCUT2D eigenvalue weighted by Gasteiger charge is -2.25. The van der Waals surface area contributed by atoms with Crippen LogP contribution in [-0.4, -0.2) is 20.5 Å². The zero-order chi connectivity index (χ0) is 9.31. The first kappa shape index (κ1) is 8.41. The number of hydrogen-bond acceptors (Lipinski definition) is 3. The quantitative estimate of drug-likeness (QED) is 0.684. The molecule has 1 heterocycles. The normalized spacial score (nSPS) is 20.4. The van der Waals surface area contributed by atoms with Gasteiger partial charge in [-0.1, -0.05) is 12.8 Å². The topological polar surface area (TPSA) is 47.8 Å². The molecule has 1 aromatic heterocycles. The predicted octanol–water partition coefficient (Wildman–Crippen LogP) is 1.14. The van der Waals surface area contributed by atoms with Gasteiger partial charge in [0.1, 0.15) is 18.2 Å². The maximum atomic E-state index is 11.6. The van der Waals surface area contributed by atoms with Gasteiger partial charge in [0, 0.05) is 0 Å². The lowest BCUT2D eigenvalue weighted by Crippen LogP contribution is -2.38. The van der Waals surface area contributed by atoms with Crippen LogP contribution in [0, 0.1) is 0 Å². The Hall–Kier alpha value is -1.19. The van der Waals surface area contributed by atoms with Crippen LogP contribution in [0.15, 0.2) is 12.7 Å². The summed E-state index contributed by atoms with van der Waals surface area (Å²) in [6, 6.07) is 0. The molecule has 1 aliphatic rings. The van der Waals surface area contributed by atoms with E-state index in [1.165, 1.54) is 6.33 Å². The fourth-order valence-electron chi connectivity index (χ4n) is 2.13. The van der Waals surface area contributed by atoms with Crippen LogP contribution in [0.2, 0.25) is 0 Å². The minimum Gasteiger partial charge on any atom is -0.297 e. The van der Waals surface area contributed by atoms with E-state index in [0.717, 1.165) is 25.7 Å². The maximum absolute atomic E-state index is 11.6. The van der Waals surface area contributed by atoms with E-state index in [1.807, 2.05) is 0 Å². The smallest absolute Gasteiger partial charge is 0.157 e. The first-order chi connectivity index (χ1) is 6.26. The van der Waals surface area contributed by atoms with Gasteiger partial charge in [-0.15, -0.1) is 0 Å². The zero-order valence-electron chi connectivity index (χ0n) is 7.73. The SMILES string of the molecule is CC(=O)C1(n2cncn2)CCCC1. The Labute approximate surface area is 77.0 Å². The van der Waals surface area contributed by atoms with Crippen molar-refractivity contribution in [3.05, 3.63) is 12.7 Å². The molecule has 0 spiro atoms. The molecule has 2 rings (SSSR count). The van der Waals surface area contributed by atoms with E-state index >= 15 is 0 Å². The number of nitrogens with zero attached hydrogens (tertiary/aromatic N) is 3. The van der Waals surface area contributed by atoms with Crippen LogP contribution in [0.5, 0.6) is 0 Å². The Morgan fingerprint density at radius 2 is 2.15 bits per heavy atom. The molecular weight excluding hydrogens is 166 g/mol. The number of carbonyl (C=O) groups excluding carboxylic acids is 1. The predicted molar refractivity (Wildman–Crippen MR) is 47.1 cm³/mol. The van der Waals surface area contributed by atoms with Crippen LogP contribution in [0.25, 0.3) is 0 Å². The van der Waals surface area contributed by atoms with Gasteiger partial charge in [0.2, 0.25) is 0 Å². The maximum Gasteiger partial charge on any atom is 0.157 e. The van der Waals surface area contributed by atoms with Crippen molar-refractivity contribution in [1.82, 2.24) is 14.8 Å². The Morgan fingerprint density at radius 3 is 2.62 bits per heavy atom. The van der Waals surface area contributed by atoms with Crippen molar-refractivity contribution in [1.29, 1.82) is 0 Å². The van der Waals surface area contributed by atoms with E-state index < -0.39 is 0 Å². The number of aromatic nitrogens is 3. The van der Waals surface area contributed by atoms with Gasteiger partial charge in [0.05, 0.1) is 0 Å². The Morgan fingerprint density at radius 1 is 1.46 bits per heavy atom. The van der Waals surface area contributed by atoms with E-state index in [4.69, 9.17) is 0 Å². The third-order valence-corrected chi connectivity index (χ3v) is 2.94. The van der Waals surface area contributed by atoms with E-state index in [0.29, 0.717) is 0 Å². The number of hydrogen-bond donors (Lipinski definition) is 0. The molecule has 0 aromatic carbocycles. The highest BCUT2D eigenvalue weighted by Crippen LogP contribution is 2.36. The molecule has 1 saturated carbocycles. The number of Topliss-reactive ketones (excluding diaryl/α,β-unsaturated/α-hetero) is 1. The lowest BCUT2D eigenvalue weighted by molar-refractivity contribution is -0.125. The van der Waals surface area contributed by atoms with Crippen molar-refractivity contribution in [2.24, 2.45) is 0 Å². The molecule has 0 saturated heterocycles. The number of carbonyl (C=O) groups is 1. The second kappa shape index (κ2) is 2.94. The monoisotopic (exact) mass is 179 g/mol. The van der Waals surface area contributed by atoms with Gasteiger partial charge in [-0.2, -0.15) is 5.10 Å². The molecule has 0 amide bonds. The fraction of sp³-hybridized carbons (Fsp3) is 0.667. The van der Waals surface area contributed by atoms with Gasteiger partial charge in [-0.25, -0.2) is 9.67 Å². The molecule has 0 unspecified atom stereocenters. The van der Waals surface area contributed by atoms with Crippen molar-refractivity contribution < 1.29 is 4.79 Å². The Balaban J connectivity index is 2.39. The molecule has 0 atom stereocenters. The fourth-order valence-corrected chi connectivity index (χ4v) is 2.13. The number of rotatable bonds is 2. The van der Waals surface area contributed by atoms with E-state index in [2.05, 4.69) is 10.1 Å². The highest BCUT2D eigenvalue weighted by atomic mass is 16.1. The molecule has 4 nitrogen and oxygen atoms in total. The lowest BCUT2D eigenvalue weighted by atomic mass is 9.93. The standard InChI is InChI=1S/C9H13N3O/c1-8(13)9(4-2-3-5-9)12-7-10-6-11-12/h6-7H,2-5H2,1H3. The minimum atomic E-state index is -0.378. The summed E-state index contributed by atoms with van der Waals surface area (Å²) in [5, 5.41) is 4.08. The van der Waals surface area contributed by atoms with Crippen LogP contribution in [0.1, 0.15) is 32.6 Å². The van der Waals surface area contributed by atoms with E-state index in [9.17, 15) is 4.79 Å². The van der Waals surface area contributed by atoms with Gasteiger partial charge >= 0.3 is 0 Å². The zero-order valence-corrected chi connectivity index (χ0v) is 7.73. The van der Waals surface area contributed by atoms with Crippen LogP contribution in [0.4, 0.5) is 0 Å². The summed E-state index contributed by atoms with van der Waals surface area (Å²) in [7, 11) is 0. The molecule has 1 fully saturated rings. The van der Waals surface area contributed by atoms with E-state index in [1.54, 1.807) is 17.9 Å². The van der Waals surface area contributed by atoms with Crippen molar-refractivity contribution in [2.75, 3.05) is 0 Å². The summed E-state index contributed by atoms with van der Waals surface area (Å²) in [6.07, 6.45) is 7.17. The van der Waals surface area contributed by atoms with Gasteiger partial charge in [0.25, 0.3) is 0 Å². The molecular formula is C9H13N3O. The molecule has 70 valence electrons. The summed E-state index contributed by atoms with van der Waals surface area (Å²) < 4.78 is 1.72. The Kier molecular flexibility index (Phi) is 1.90. The summed E-state index contributed by atoms with van der Waals surface area (Å²) in [5.41, 5.74) is -0.378. The van der Waals surface area contributed by atoms with Crippen molar-refractivity contribution in [3.63, 3.8) is 0 Å². The third-order valence-electron chi connectivity index (χ3n) is 2.94. The molecule has 1 aliphatic carbocycles. The summed E-state index contributed by atoms with van der Waals surface area (Å²) in [6.45, 7) is 1.65. The highest BCUT2D eigenvalue weighted by Gasteiger charge is 2.40. The summed E-state index contributed by atoms with van der Waals surface area (Å²) >= 11 is 0. The molecule has 1 aromatic rings. The van der Waals surface area contributed by atoms with Crippen molar-refractivity contribution in [3.8, 4) is 0 Å². The van der Waals surface area contributed by atoms with Crippen LogP contribution < -0.4 is 0 Å².